The molecule has 3 aromatic rings. The summed E-state index contributed by atoms with van der Waals surface area (Å²) in [5.41, 5.74) is 1.72. The van der Waals surface area contributed by atoms with E-state index in [1.54, 1.807) is 24.3 Å². The first-order chi connectivity index (χ1) is 16.0. The molecule has 4 rings (SSSR count). The maximum absolute atomic E-state index is 15.4. The molecule has 0 aliphatic carbocycles. The Kier molecular flexibility index (Phi) is 8.77. The molecule has 33 heavy (non-hydrogen) atoms. The van der Waals surface area contributed by atoms with Crippen LogP contribution in [0.1, 0.15) is 43.8 Å². The van der Waals surface area contributed by atoms with Gasteiger partial charge in [-0.25, -0.2) is 8.78 Å². The Bertz CT molecular complexity index is 1030. The van der Waals surface area contributed by atoms with Crippen molar-refractivity contribution in [2.45, 2.75) is 38.3 Å². The molecule has 0 bridgehead atoms. The maximum Gasteiger partial charge on any atom is 0.133 e. The Morgan fingerprint density at radius 3 is 2.09 bits per heavy atom. The van der Waals surface area contributed by atoms with Crippen molar-refractivity contribution in [2.24, 2.45) is 0 Å². The highest BCUT2D eigenvalue weighted by atomic mass is 35.5. The van der Waals surface area contributed by atoms with Gasteiger partial charge >= 0.3 is 0 Å². The molecule has 2 unspecified atom stereocenters. The minimum atomic E-state index is -1.43. The molecular formula is C26H27Cl2F2NP2. The normalized spacial score (nSPS) is 18.4. The van der Waals surface area contributed by atoms with E-state index in [0.717, 1.165) is 38.4 Å². The van der Waals surface area contributed by atoms with Crippen LogP contribution in [0.2, 0.25) is 10.0 Å². The summed E-state index contributed by atoms with van der Waals surface area (Å²) in [6.07, 6.45) is 5.30. The highest BCUT2D eigenvalue weighted by Crippen LogP contribution is 2.68. The Morgan fingerprint density at radius 2 is 1.55 bits per heavy atom. The molecule has 2 atom stereocenters. The lowest BCUT2D eigenvalue weighted by Gasteiger charge is -2.40. The Labute approximate surface area is 207 Å². The summed E-state index contributed by atoms with van der Waals surface area (Å²) < 4.78 is 33.2. The van der Waals surface area contributed by atoms with Crippen molar-refractivity contribution < 1.29 is 8.78 Å². The fraction of sp³-hybridized carbons (Fsp3) is 0.308. The van der Waals surface area contributed by atoms with Gasteiger partial charge in [-0.05, 0) is 75.5 Å². The number of rotatable bonds is 8. The highest BCUT2D eigenvalue weighted by molar-refractivity contribution is 7.79. The standard InChI is InChI=1S/C26H27Cl2F2NP2/c1-2-3-15-31(32-16-7-10-24(32)19-8-5-4-6-9-19)33(25-13-11-20(27)17-22(25)29)26-14-12-21(28)18-23(26)30/h4-6,8-9,11-14,17-18,24H,2-3,7,10,15-16H2,1H3. The Balaban J connectivity index is 1.85. The van der Waals surface area contributed by atoms with E-state index in [1.807, 2.05) is 6.07 Å². The van der Waals surface area contributed by atoms with Gasteiger partial charge in [-0.1, -0.05) is 66.9 Å². The van der Waals surface area contributed by atoms with Gasteiger partial charge in [0.2, 0.25) is 0 Å². The summed E-state index contributed by atoms with van der Waals surface area (Å²) in [6.45, 7) is 2.96. The van der Waals surface area contributed by atoms with E-state index in [9.17, 15) is 0 Å². The van der Waals surface area contributed by atoms with Crippen molar-refractivity contribution in [3.05, 3.63) is 94.0 Å². The lowest BCUT2D eigenvalue weighted by molar-refractivity contribution is 0.619. The largest absolute Gasteiger partial charge is 0.252 e. The zero-order valence-corrected chi connectivity index (χ0v) is 21.8. The molecule has 7 heteroatoms. The van der Waals surface area contributed by atoms with Crippen LogP contribution in [0.25, 0.3) is 0 Å². The van der Waals surface area contributed by atoms with Gasteiger partial charge in [0.25, 0.3) is 0 Å². The van der Waals surface area contributed by atoms with Gasteiger partial charge in [-0.2, -0.15) is 0 Å². The second-order valence-electron chi connectivity index (χ2n) is 8.18. The van der Waals surface area contributed by atoms with Crippen LogP contribution in [0.4, 0.5) is 8.78 Å². The van der Waals surface area contributed by atoms with Gasteiger partial charge in [0.15, 0.2) is 0 Å². The molecule has 1 nitrogen and oxygen atoms in total. The van der Waals surface area contributed by atoms with Crippen LogP contribution in [-0.4, -0.2) is 17.1 Å². The second kappa shape index (κ2) is 11.6. The van der Waals surface area contributed by atoms with E-state index in [0.29, 0.717) is 26.3 Å². The van der Waals surface area contributed by atoms with E-state index in [-0.39, 0.29) is 11.6 Å². The third-order valence-electron chi connectivity index (χ3n) is 5.92. The lowest BCUT2D eigenvalue weighted by atomic mass is 10.1. The van der Waals surface area contributed by atoms with Crippen molar-refractivity contribution in [1.82, 2.24) is 4.44 Å². The zero-order valence-electron chi connectivity index (χ0n) is 18.5. The molecule has 0 amide bonds. The smallest absolute Gasteiger partial charge is 0.133 e. The van der Waals surface area contributed by atoms with Crippen LogP contribution in [0.3, 0.4) is 0 Å². The van der Waals surface area contributed by atoms with Crippen molar-refractivity contribution in [2.75, 3.05) is 12.7 Å². The van der Waals surface area contributed by atoms with E-state index >= 15 is 8.78 Å². The van der Waals surface area contributed by atoms with E-state index in [4.69, 9.17) is 23.2 Å². The Morgan fingerprint density at radius 1 is 0.939 bits per heavy atom. The molecule has 174 valence electrons. The van der Waals surface area contributed by atoms with E-state index in [2.05, 4.69) is 35.6 Å². The van der Waals surface area contributed by atoms with Gasteiger partial charge < -0.3 is 0 Å². The molecule has 3 aromatic carbocycles. The molecule has 0 spiro atoms. The monoisotopic (exact) mass is 523 g/mol. The van der Waals surface area contributed by atoms with Gasteiger partial charge in [0.05, 0.1) is 0 Å². The summed E-state index contributed by atoms with van der Waals surface area (Å²) in [7, 11) is -2.05. The number of unbranched alkanes of at least 4 members (excludes halogenated alkanes) is 1. The van der Waals surface area contributed by atoms with Crippen LogP contribution >= 0.6 is 39.3 Å². The first kappa shape index (κ1) is 25.0. The van der Waals surface area contributed by atoms with Crippen LogP contribution in [0.15, 0.2) is 66.7 Å². The van der Waals surface area contributed by atoms with Crippen LogP contribution < -0.4 is 10.6 Å². The topological polar surface area (TPSA) is 3.24 Å². The predicted octanol–water partition coefficient (Wildman–Crippen LogP) is 8.65. The minimum Gasteiger partial charge on any atom is -0.252 e. The molecule has 0 N–H and O–H groups in total. The fourth-order valence-electron chi connectivity index (χ4n) is 4.37. The fourth-order valence-corrected chi connectivity index (χ4v) is 11.7. The van der Waals surface area contributed by atoms with Crippen LogP contribution in [-0.2, 0) is 0 Å². The molecule has 0 saturated carbocycles. The molecule has 1 aliphatic heterocycles. The predicted molar refractivity (Wildman–Crippen MR) is 141 cm³/mol. The average molecular weight is 524 g/mol. The summed E-state index contributed by atoms with van der Waals surface area (Å²) in [6, 6.07) is 20.1. The van der Waals surface area contributed by atoms with Crippen molar-refractivity contribution in [1.29, 1.82) is 0 Å². The lowest BCUT2D eigenvalue weighted by Crippen LogP contribution is -2.30. The number of benzene rings is 3. The minimum absolute atomic E-state index is 0.344. The summed E-state index contributed by atoms with van der Waals surface area (Å²) in [5.74, 6) is -0.759. The van der Waals surface area contributed by atoms with E-state index in [1.165, 1.54) is 17.7 Å². The molecule has 1 heterocycles. The Hall–Kier alpha value is -1.08. The van der Waals surface area contributed by atoms with Crippen molar-refractivity contribution in [3.63, 3.8) is 0 Å². The summed E-state index contributed by atoms with van der Waals surface area (Å²) >= 11 is 12.2. The summed E-state index contributed by atoms with van der Waals surface area (Å²) in [5, 5.41) is 1.73. The van der Waals surface area contributed by atoms with Crippen molar-refractivity contribution in [3.8, 4) is 0 Å². The number of hydrogen-bond acceptors (Lipinski definition) is 1. The molecular weight excluding hydrogens is 497 g/mol. The van der Waals surface area contributed by atoms with Crippen LogP contribution in [0.5, 0.6) is 0 Å². The highest BCUT2D eigenvalue weighted by Gasteiger charge is 2.39. The number of nitrogens with zero attached hydrogens (tertiary/aromatic N) is 1. The number of hydrogen-bond donors (Lipinski definition) is 0. The number of halogens is 4. The second-order valence-corrected chi connectivity index (χ2v) is 13.9. The molecule has 1 fully saturated rings. The van der Waals surface area contributed by atoms with Crippen molar-refractivity contribution >= 4 is 50.0 Å². The third-order valence-corrected chi connectivity index (χ3v) is 12.8. The molecule has 1 aliphatic rings. The molecule has 0 radical (unpaired) electrons. The van der Waals surface area contributed by atoms with Gasteiger partial charge in [0, 0.05) is 40.9 Å². The zero-order chi connectivity index (χ0) is 23.4. The van der Waals surface area contributed by atoms with E-state index < -0.39 is 16.1 Å². The average Bonchev–Trinajstić information content (AvgIpc) is 3.28. The van der Waals surface area contributed by atoms with Gasteiger partial charge in [-0.3, -0.25) is 4.44 Å². The SMILES string of the molecule is CCCCN(P(c1ccc(Cl)cc1F)c1ccc(Cl)cc1F)P1CCCC1c1ccccc1. The van der Waals surface area contributed by atoms with Gasteiger partial charge in [0.1, 0.15) is 11.6 Å². The quantitative estimate of drug-likeness (QED) is 0.267. The summed E-state index contributed by atoms with van der Waals surface area (Å²) in [4.78, 5) is 0. The molecule has 1 saturated heterocycles. The first-order valence-electron chi connectivity index (χ1n) is 11.3. The molecule has 0 aromatic heterocycles. The van der Waals surface area contributed by atoms with Gasteiger partial charge in [-0.15, -0.1) is 0 Å². The van der Waals surface area contributed by atoms with Crippen LogP contribution in [0, 0.1) is 11.6 Å². The maximum atomic E-state index is 15.4. The first-order valence-corrected chi connectivity index (χ1v) is 14.9. The third kappa shape index (κ3) is 5.77.